The Labute approximate surface area is 91.4 Å². The molecular formula is C10H10ClFO3. The minimum absolute atomic E-state index is 0.195. The summed E-state index contributed by atoms with van der Waals surface area (Å²) in [6, 6.07) is 4.30. The zero-order valence-corrected chi connectivity index (χ0v) is 8.79. The molecule has 5 heteroatoms. The number of alkyl halides is 1. The second-order valence-corrected chi connectivity index (χ2v) is 3.55. The number of hydrogen-bond donors (Lipinski definition) is 1. The van der Waals surface area contributed by atoms with Crippen molar-refractivity contribution in [3.8, 4) is 5.75 Å². The van der Waals surface area contributed by atoms with Crippen LogP contribution in [-0.2, 0) is 4.79 Å². The topological polar surface area (TPSA) is 46.5 Å². The summed E-state index contributed by atoms with van der Waals surface area (Å²) in [5.41, 5.74) is 0.503. The first-order chi connectivity index (χ1) is 7.00. The van der Waals surface area contributed by atoms with Gasteiger partial charge in [0.1, 0.15) is 18.2 Å². The first-order valence-electron chi connectivity index (χ1n) is 4.26. The Morgan fingerprint density at radius 3 is 2.87 bits per heavy atom. The molecule has 0 aliphatic rings. The van der Waals surface area contributed by atoms with Crippen molar-refractivity contribution in [2.75, 3.05) is 6.61 Å². The molecule has 1 unspecified atom stereocenters. The van der Waals surface area contributed by atoms with Crippen molar-refractivity contribution in [3.63, 3.8) is 0 Å². The molecule has 1 aromatic carbocycles. The molecule has 0 amide bonds. The quantitative estimate of drug-likeness (QED) is 0.810. The first-order valence-corrected chi connectivity index (χ1v) is 4.70. The van der Waals surface area contributed by atoms with Gasteiger partial charge in [-0.05, 0) is 18.6 Å². The van der Waals surface area contributed by atoms with Crippen LogP contribution in [-0.4, -0.2) is 23.1 Å². The molecule has 0 bridgehead atoms. The van der Waals surface area contributed by atoms with Crippen LogP contribution in [0.25, 0.3) is 0 Å². The third-order valence-electron chi connectivity index (χ3n) is 1.81. The highest BCUT2D eigenvalue weighted by atomic mass is 35.5. The smallest absolute Gasteiger partial charge is 0.325 e. The summed E-state index contributed by atoms with van der Waals surface area (Å²) in [7, 11) is 0. The number of rotatable bonds is 4. The van der Waals surface area contributed by atoms with Crippen molar-refractivity contribution in [2.24, 2.45) is 0 Å². The third kappa shape index (κ3) is 3.40. The van der Waals surface area contributed by atoms with Gasteiger partial charge < -0.3 is 9.84 Å². The van der Waals surface area contributed by atoms with Crippen LogP contribution in [0, 0.1) is 12.7 Å². The molecule has 0 saturated carbocycles. The van der Waals surface area contributed by atoms with Crippen LogP contribution in [0.15, 0.2) is 18.2 Å². The van der Waals surface area contributed by atoms with Crippen LogP contribution in [0.4, 0.5) is 4.39 Å². The Morgan fingerprint density at radius 1 is 1.67 bits per heavy atom. The second-order valence-electron chi connectivity index (χ2n) is 3.03. The fraction of sp³-hybridized carbons (Fsp3) is 0.300. The molecule has 0 aromatic heterocycles. The monoisotopic (exact) mass is 232 g/mol. The van der Waals surface area contributed by atoms with Crippen molar-refractivity contribution in [1.82, 2.24) is 0 Å². The normalized spacial score (nSPS) is 12.2. The largest absolute Gasteiger partial charge is 0.491 e. The molecule has 0 saturated heterocycles. The lowest BCUT2D eigenvalue weighted by Gasteiger charge is -2.08. The number of carboxylic acid groups (broad SMARTS) is 1. The van der Waals surface area contributed by atoms with Crippen LogP contribution in [0.1, 0.15) is 5.56 Å². The number of ether oxygens (including phenoxy) is 1. The average molecular weight is 233 g/mol. The molecule has 1 N–H and O–H groups in total. The fourth-order valence-corrected chi connectivity index (χ4v) is 0.967. The minimum atomic E-state index is -1.16. The number of carboxylic acids is 1. The molecule has 0 radical (unpaired) electrons. The molecule has 1 aromatic rings. The van der Waals surface area contributed by atoms with E-state index in [9.17, 15) is 9.18 Å². The van der Waals surface area contributed by atoms with Gasteiger partial charge in [0.25, 0.3) is 0 Å². The van der Waals surface area contributed by atoms with Gasteiger partial charge >= 0.3 is 5.97 Å². The minimum Gasteiger partial charge on any atom is -0.491 e. The second kappa shape index (κ2) is 4.98. The van der Waals surface area contributed by atoms with Gasteiger partial charge in [-0.15, -0.1) is 11.6 Å². The number of hydrogen-bond acceptors (Lipinski definition) is 2. The zero-order chi connectivity index (χ0) is 11.4. The predicted octanol–water partition coefficient (Wildman–Crippen LogP) is 2.20. The Kier molecular flexibility index (Phi) is 3.91. The maximum absolute atomic E-state index is 13.0. The Bertz CT molecular complexity index is 368. The van der Waals surface area contributed by atoms with Gasteiger partial charge in [-0.25, -0.2) is 4.39 Å². The highest BCUT2D eigenvalue weighted by Gasteiger charge is 2.14. The van der Waals surface area contributed by atoms with Gasteiger partial charge in [-0.1, -0.05) is 6.07 Å². The van der Waals surface area contributed by atoms with Crippen molar-refractivity contribution in [1.29, 1.82) is 0 Å². The predicted molar refractivity (Wildman–Crippen MR) is 53.9 cm³/mol. The van der Waals surface area contributed by atoms with Crippen LogP contribution in [0.2, 0.25) is 0 Å². The highest BCUT2D eigenvalue weighted by molar-refractivity contribution is 6.29. The molecule has 15 heavy (non-hydrogen) atoms. The molecule has 1 rings (SSSR count). The highest BCUT2D eigenvalue weighted by Crippen LogP contribution is 2.16. The Hall–Kier alpha value is -1.29. The van der Waals surface area contributed by atoms with E-state index in [1.54, 1.807) is 19.1 Å². The molecule has 0 heterocycles. The molecule has 0 aliphatic heterocycles. The number of aliphatic carboxylic acids is 1. The van der Waals surface area contributed by atoms with E-state index in [2.05, 4.69) is 0 Å². The number of carbonyl (C=O) groups is 1. The van der Waals surface area contributed by atoms with E-state index in [1.807, 2.05) is 0 Å². The van der Waals surface area contributed by atoms with Crippen molar-refractivity contribution < 1.29 is 19.0 Å². The van der Waals surface area contributed by atoms with E-state index in [4.69, 9.17) is 21.4 Å². The average Bonchev–Trinajstić information content (AvgIpc) is 2.19. The summed E-state index contributed by atoms with van der Waals surface area (Å²) in [5.74, 6) is -1.29. The first kappa shape index (κ1) is 11.8. The summed E-state index contributed by atoms with van der Waals surface area (Å²) in [4.78, 5) is 10.4. The summed E-state index contributed by atoms with van der Waals surface area (Å²) >= 11 is 5.42. The van der Waals surface area contributed by atoms with Crippen LogP contribution < -0.4 is 4.74 Å². The van der Waals surface area contributed by atoms with Crippen LogP contribution in [0.5, 0.6) is 5.75 Å². The zero-order valence-electron chi connectivity index (χ0n) is 8.04. The summed E-state index contributed by atoms with van der Waals surface area (Å²) in [6.07, 6.45) is 0. The fourth-order valence-electron chi connectivity index (χ4n) is 0.904. The lowest BCUT2D eigenvalue weighted by atomic mass is 10.2. The molecule has 0 fully saturated rings. The Balaban J connectivity index is 2.58. The molecule has 82 valence electrons. The van der Waals surface area contributed by atoms with Gasteiger partial charge in [-0.3, -0.25) is 4.79 Å². The van der Waals surface area contributed by atoms with Gasteiger partial charge in [-0.2, -0.15) is 0 Å². The lowest BCUT2D eigenvalue weighted by molar-refractivity contribution is -0.137. The van der Waals surface area contributed by atoms with Crippen LogP contribution >= 0.6 is 11.6 Å². The lowest BCUT2D eigenvalue weighted by Crippen LogP contribution is -2.21. The Morgan fingerprint density at radius 2 is 2.33 bits per heavy atom. The van der Waals surface area contributed by atoms with Gasteiger partial charge in [0, 0.05) is 6.07 Å². The van der Waals surface area contributed by atoms with Crippen molar-refractivity contribution in [3.05, 3.63) is 29.6 Å². The summed E-state index contributed by atoms with van der Waals surface area (Å²) < 4.78 is 18.0. The van der Waals surface area contributed by atoms with E-state index in [-0.39, 0.29) is 12.4 Å². The molecule has 0 spiro atoms. The summed E-state index contributed by atoms with van der Waals surface area (Å²) in [5, 5.41) is 7.34. The number of aryl methyl sites for hydroxylation is 1. The maximum Gasteiger partial charge on any atom is 0.325 e. The van der Waals surface area contributed by atoms with Crippen molar-refractivity contribution >= 4 is 17.6 Å². The van der Waals surface area contributed by atoms with E-state index in [0.717, 1.165) is 0 Å². The van der Waals surface area contributed by atoms with E-state index in [1.165, 1.54) is 6.07 Å². The molecule has 1 atom stereocenters. The molecule has 0 aliphatic carbocycles. The maximum atomic E-state index is 13.0. The van der Waals surface area contributed by atoms with E-state index >= 15 is 0 Å². The van der Waals surface area contributed by atoms with Crippen molar-refractivity contribution in [2.45, 2.75) is 12.3 Å². The molecular weight excluding hydrogens is 223 g/mol. The summed E-state index contributed by atoms with van der Waals surface area (Å²) in [6.45, 7) is 1.43. The van der Waals surface area contributed by atoms with Gasteiger partial charge in [0.15, 0.2) is 5.38 Å². The van der Waals surface area contributed by atoms with E-state index < -0.39 is 17.2 Å². The molecule has 3 nitrogen and oxygen atoms in total. The number of halogens is 2. The third-order valence-corrected chi connectivity index (χ3v) is 2.12. The van der Waals surface area contributed by atoms with E-state index in [0.29, 0.717) is 5.56 Å². The van der Waals surface area contributed by atoms with Gasteiger partial charge in [0.05, 0.1) is 0 Å². The number of benzene rings is 1. The standard InChI is InChI=1S/C10H10ClFO3/c1-6-2-3-7(4-9(6)12)15-5-8(11)10(13)14/h2-4,8H,5H2,1H3,(H,13,14). The van der Waals surface area contributed by atoms with Gasteiger partial charge in [0.2, 0.25) is 0 Å². The SMILES string of the molecule is Cc1ccc(OCC(Cl)C(=O)O)cc1F. The van der Waals surface area contributed by atoms with Crippen LogP contribution in [0.3, 0.4) is 0 Å².